The third kappa shape index (κ3) is 3.75. The number of hydrogen-bond donors (Lipinski definition) is 0. The van der Waals surface area contributed by atoms with Crippen LogP contribution in [0.1, 0.15) is 40.5 Å². The summed E-state index contributed by atoms with van der Waals surface area (Å²) in [5, 5.41) is 0.782. The van der Waals surface area contributed by atoms with E-state index in [4.69, 9.17) is 9.72 Å². The molecule has 0 radical (unpaired) electrons. The van der Waals surface area contributed by atoms with Crippen LogP contribution in [0.3, 0.4) is 0 Å². The minimum Gasteiger partial charge on any atom is -0.452 e. The number of aryl methyl sites for hydroxylation is 1. The van der Waals surface area contributed by atoms with Gasteiger partial charge in [-0.3, -0.25) is 14.7 Å². The number of fused-ring (bicyclic) bond motifs is 3. The van der Waals surface area contributed by atoms with E-state index in [1.54, 1.807) is 4.90 Å². The second-order valence-electron chi connectivity index (χ2n) is 8.40. The second-order valence-corrected chi connectivity index (χ2v) is 8.40. The van der Waals surface area contributed by atoms with Crippen LogP contribution in [-0.4, -0.2) is 48.0 Å². The normalized spacial score (nSPS) is 15.8. The van der Waals surface area contributed by atoms with Crippen molar-refractivity contribution in [1.82, 2.24) is 9.88 Å². The molecule has 2 aromatic carbocycles. The van der Waals surface area contributed by atoms with Gasteiger partial charge in [-0.2, -0.15) is 0 Å². The van der Waals surface area contributed by atoms with Crippen LogP contribution in [0.25, 0.3) is 10.9 Å². The van der Waals surface area contributed by atoms with E-state index in [1.165, 1.54) is 0 Å². The van der Waals surface area contributed by atoms with Gasteiger partial charge in [0.2, 0.25) is 0 Å². The maximum Gasteiger partial charge on any atom is 0.339 e. The van der Waals surface area contributed by atoms with Gasteiger partial charge in [0.1, 0.15) is 0 Å². The van der Waals surface area contributed by atoms with Gasteiger partial charge in [0, 0.05) is 48.4 Å². The second kappa shape index (κ2) is 8.71. The number of pyridine rings is 1. The number of benzene rings is 2. The monoisotopic (exact) mass is 429 g/mol. The summed E-state index contributed by atoms with van der Waals surface area (Å²) in [7, 11) is 0. The number of amides is 1. The summed E-state index contributed by atoms with van der Waals surface area (Å²) >= 11 is 0. The zero-order valence-corrected chi connectivity index (χ0v) is 18.3. The molecule has 0 unspecified atom stereocenters. The van der Waals surface area contributed by atoms with E-state index in [0.29, 0.717) is 18.7 Å². The van der Waals surface area contributed by atoms with Crippen molar-refractivity contribution in [3.8, 4) is 0 Å². The first-order valence-corrected chi connectivity index (χ1v) is 11.3. The van der Waals surface area contributed by atoms with E-state index >= 15 is 0 Å². The van der Waals surface area contributed by atoms with Crippen molar-refractivity contribution in [2.45, 2.75) is 32.7 Å². The zero-order chi connectivity index (χ0) is 22.1. The summed E-state index contributed by atoms with van der Waals surface area (Å²) in [5.74, 6) is -0.635. The van der Waals surface area contributed by atoms with E-state index in [0.717, 1.165) is 65.8 Å². The molecule has 6 nitrogen and oxygen atoms in total. The molecule has 0 bridgehead atoms. The number of esters is 1. The number of para-hydroxylation sites is 2. The molecule has 0 atom stereocenters. The Morgan fingerprint density at radius 1 is 1.03 bits per heavy atom. The van der Waals surface area contributed by atoms with Crippen LogP contribution in [0.2, 0.25) is 0 Å². The summed E-state index contributed by atoms with van der Waals surface area (Å²) < 4.78 is 5.62. The third-order valence-corrected chi connectivity index (χ3v) is 6.51. The van der Waals surface area contributed by atoms with Gasteiger partial charge >= 0.3 is 5.97 Å². The smallest absolute Gasteiger partial charge is 0.339 e. The lowest BCUT2D eigenvalue weighted by Gasteiger charge is -2.30. The fraction of sp³-hybridized carbons (Fsp3) is 0.346. The molecule has 6 heteroatoms. The molecule has 1 aromatic heterocycles. The Kier molecular flexibility index (Phi) is 5.62. The molecule has 2 aliphatic rings. The van der Waals surface area contributed by atoms with Crippen molar-refractivity contribution in [3.05, 3.63) is 70.9 Å². The predicted molar refractivity (Wildman–Crippen MR) is 124 cm³/mol. The Morgan fingerprint density at radius 3 is 2.72 bits per heavy atom. The van der Waals surface area contributed by atoms with Crippen molar-refractivity contribution in [2.75, 3.05) is 31.1 Å². The molecule has 0 fully saturated rings. The summed E-state index contributed by atoms with van der Waals surface area (Å²) in [5.41, 5.74) is 5.31. The number of anilines is 1. The van der Waals surface area contributed by atoms with E-state index in [-0.39, 0.29) is 12.5 Å². The minimum atomic E-state index is -0.448. The molecule has 5 rings (SSSR count). The molecular weight excluding hydrogens is 402 g/mol. The molecule has 0 spiro atoms. The van der Waals surface area contributed by atoms with Gasteiger partial charge in [0.25, 0.3) is 5.91 Å². The molecule has 3 heterocycles. The zero-order valence-electron chi connectivity index (χ0n) is 18.3. The van der Waals surface area contributed by atoms with Gasteiger partial charge in [0.05, 0.1) is 11.1 Å². The fourth-order valence-electron chi connectivity index (χ4n) is 4.82. The average molecular weight is 430 g/mol. The molecule has 0 saturated carbocycles. The van der Waals surface area contributed by atoms with Crippen LogP contribution < -0.4 is 4.90 Å². The van der Waals surface area contributed by atoms with E-state index in [9.17, 15) is 9.59 Å². The summed E-state index contributed by atoms with van der Waals surface area (Å²) in [6.45, 7) is 5.00. The first-order valence-electron chi connectivity index (χ1n) is 11.3. The van der Waals surface area contributed by atoms with Crippen LogP contribution in [0, 0.1) is 0 Å². The van der Waals surface area contributed by atoms with Crippen molar-refractivity contribution in [1.29, 1.82) is 0 Å². The highest BCUT2D eigenvalue weighted by Gasteiger charge is 2.28. The average Bonchev–Trinajstić information content (AvgIpc) is 2.84. The lowest BCUT2D eigenvalue weighted by molar-refractivity contribution is -0.121. The van der Waals surface area contributed by atoms with Gasteiger partial charge in [-0.05, 0) is 37.1 Å². The van der Waals surface area contributed by atoms with Crippen LogP contribution in [0.4, 0.5) is 5.69 Å². The molecule has 164 valence electrons. The Labute approximate surface area is 187 Å². The third-order valence-electron chi connectivity index (χ3n) is 6.51. The minimum absolute atomic E-state index is 0.187. The van der Waals surface area contributed by atoms with E-state index in [2.05, 4.69) is 17.9 Å². The van der Waals surface area contributed by atoms with Crippen LogP contribution >= 0.6 is 0 Å². The van der Waals surface area contributed by atoms with Gasteiger partial charge in [-0.15, -0.1) is 0 Å². The quantitative estimate of drug-likeness (QED) is 0.591. The summed E-state index contributed by atoms with van der Waals surface area (Å²) in [6.07, 6.45) is 2.67. The standard InChI is InChI=1S/C26H27N3O3/c1-2-28-15-13-22-20(16-28)25(19-10-4-5-11-21(19)27-22)26(31)32-17-24(30)29-14-7-9-18-8-3-6-12-23(18)29/h3-6,8,10-12H,2,7,9,13-17H2,1H3. The van der Waals surface area contributed by atoms with Crippen molar-refractivity contribution in [2.24, 2.45) is 0 Å². The highest BCUT2D eigenvalue weighted by Crippen LogP contribution is 2.29. The first kappa shape index (κ1) is 20.6. The molecule has 2 aliphatic heterocycles. The van der Waals surface area contributed by atoms with Gasteiger partial charge in [-0.1, -0.05) is 43.3 Å². The largest absolute Gasteiger partial charge is 0.452 e. The summed E-state index contributed by atoms with van der Waals surface area (Å²) in [6, 6.07) is 15.6. The Bertz CT molecular complexity index is 1190. The Balaban J connectivity index is 1.42. The Hall–Kier alpha value is -3.25. The number of nitrogens with zero attached hydrogens (tertiary/aromatic N) is 3. The molecule has 3 aromatic rings. The van der Waals surface area contributed by atoms with Crippen LogP contribution in [-0.2, 0) is 28.9 Å². The van der Waals surface area contributed by atoms with Gasteiger partial charge in [0.15, 0.2) is 6.61 Å². The predicted octanol–water partition coefficient (Wildman–Crippen LogP) is 3.75. The number of likely N-dealkylation sites (N-methyl/N-ethyl adjacent to an activating group) is 1. The maximum atomic E-state index is 13.3. The fourth-order valence-corrected chi connectivity index (χ4v) is 4.82. The SMILES string of the molecule is CCN1CCc2nc3ccccc3c(C(=O)OCC(=O)N3CCCc4ccccc43)c2C1. The van der Waals surface area contributed by atoms with Crippen molar-refractivity contribution in [3.63, 3.8) is 0 Å². The lowest BCUT2D eigenvalue weighted by atomic mass is 9.96. The number of rotatable bonds is 4. The Morgan fingerprint density at radius 2 is 1.84 bits per heavy atom. The van der Waals surface area contributed by atoms with E-state index in [1.807, 2.05) is 42.5 Å². The van der Waals surface area contributed by atoms with Gasteiger partial charge < -0.3 is 9.64 Å². The first-order chi connectivity index (χ1) is 15.7. The summed E-state index contributed by atoms with van der Waals surface area (Å²) in [4.78, 5) is 35.1. The molecular formula is C26H27N3O3. The highest BCUT2D eigenvalue weighted by molar-refractivity contribution is 6.06. The number of ether oxygens (including phenoxy) is 1. The maximum absolute atomic E-state index is 13.3. The molecule has 1 amide bonds. The molecule has 0 aliphatic carbocycles. The number of hydrogen-bond acceptors (Lipinski definition) is 5. The van der Waals surface area contributed by atoms with E-state index < -0.39 is 5.97 Å². The van der Waals surface area contributed by atoms with Crippen LogP contribution in [0.5, 0.6) is 0 Å². The topological polar surface area (TPSA) is 62.7 Å². The number of carbonyl (C=O) groups is 2. The molecule has 32 heavy (non-hydrogen) atoms. The van der Waals surface area contributed by atoms with Crippen molar-refractivity contribution >= 4 is 28.5 Å². The molecule has 0 saturated heterocycles. The number of aromatic nitrogens is 1. The highest BCUT2D eigenvalue weighted by atomic mass is 16.5. The molecule has 0 N–H and O–H groups in total. The van der Waals surface area contributed by atoms with Crippen LogP contribution in [0.15, 0.2) is 48.5 Å². The number of carbonyl (C=O) groups excluding carboxylic acids is 2. The van der Waals surface area contributed by atoms with Crippen molar-refractivity contribution < 1.29 is 14.3 Å². The lowest BCUT2D eigenvalue weighted by Crippen LogP contribution is -2.38. The van der Waals surface area contributed by atoms with Gasteiger partial charge in [-0.25, -0.2) is 4.79 Å².